The van der Waals surface area contributed by atoms with E-state index in [1.165, 1.54) is 11.1 Å². The van der Waals surface area contributed by atoms with Gasteiger partial charge in [0.25, 0.3) is 5.91 Å². The van der Waals surface area contributed by atoms with Crippen molar-refractivity contribution in [2.24, 2.45) is 5.41 Å². The minimum atomic E-state index is -1.50. The first-order valence-corrected chi connectivity index (χ1v) is 12.5. The number of anilines is 1. The number of aromatic nitrogens is 1. The maximum Gasteiger partial charge on any atom is 0.337 e. The van der Waals surface area contributed by atoms with Gasteiger partial charge in [0.2, 0.25) is 0 Å². The van der Waals surface area contributed by atoms with Crippen LogP contribution in [0.15, 0.2) is 30.5 Å². The van der Waals surface area contributed by atoms with Gasteiger partial charge in [0.1, 0.15) is 11.9 Å². The number of likely N-dealkylation sites (tertiary alicyclic amines) is 1. The number of carboxylic acids is 1. The van der Waals surface area contributed by atoms with Crippen molar-refractivity contribution >= 4 is 17.7 Å². The first kappa shape index (κ1) is 27.6. The van der Waals surface area contributed by atoms with Crippen molar-refractivity contribution in [3.05, 3.63) is 47.2 Å². The molecule has 1 aromatic carbocycles. The molecule has 2 aliphatic rings. The molecule has 0 unspecified atom stereocenters. The van der Waals surface area contributed by atoms with Crippen molar-refractivity contribution in [3.8, 4) is 11.5 Å². The van der Waals surface area contributed by atoms with Gasteiger partial charge in [0.15, 0.2) is 17.6 Å². The Bertz CT molecular complexity index is 1200. The van der Waals surface area contributed by atoms with E-state index in [0.29, 0.717) is 36.0 Å². The van der Waals surface area contributed by atoms with Crippen LogP contribution >= 0.6 is 0 Å². The minimum Gasteiger partial charge on any atom is -0.493 e. The maximum absolute atomic E-state index is 12.6. The second-order valence-corrected chi connectivity index (χ2v) is 10.4. The van der Waals surface area contributed by atoms with Crippen LogP contribution in [0.25, 0.3) is 0 Å². The third-order valence-electron chi connectivity index (χ3n) is 7.84. The number of pyridine rings is 1. The molecule has 0 spiro atoms. The average molecular weight is 530 g/mol. The van der Waals surface area contributed by atoms with Gasteiger partial charge < -0.3 is 39.7 Å². The lowest BCUT2D eigenvalue weighted by Gasteiger charge is -2.40. The number of hydrogen-bond donors (Lipinski definition) is 4. The van der Waals surface area contributed by atoms with E-state index in [9.17, 15) is 30.0 Å². The zero-order valence-electron chi connectivity index (χ0n) is 22.0. The van der Waals surface area contributed by atoms with Crippen LogP contribution in [0.4, 0.5) is 5.82 Å². The molecule has 2 saturated heterocycles. The van der Waals surface area contributed by atoms with Crippen LogP contribution in [0.5, 0.6) is 11.5 Å². The number of benzene rings is 1. The fourth-order valence-corrected chi connectivity index (χ4v) is 5.20. The van der Waals surface area contributed by atoms with Crippen molar-refractivity contribution in [3.63, 3.8) is 0 Å². The molecule has 1 aromatic heterocycles. The van der Waals surface area contributed by atoms with Gasteiger partial charge in [-0.1, -0.05) is 13.0 Å². The summed E-state index contributed by atoms with van der Waals surface area (Å²) in [5.41, 5.74) is 0.981. The van der Waals surface area contributed by atoms with E-state index >= 15 is 0 Å². The number of aryl methyl sites for hydroxylation is 1. The van der Waals surface area contributed by atoms with Crippen molar-refractivity contribution in [2.75, 3.05) is 44.8 Å². The Labute approximate surface area is 221 Å². The normalized spacial score (nSPS) is 23.1. The molecule has 2 fully saturated rings. The molecule has 0 saturated carbocycles. The van der Waals surface area contributed by atoms with E-state index < -0.39 is 36.1 Å². The monoisotopic (exact) mass is 529 g/mol. The fraction of sp³-hybridized carbons (Fsp3) is 0.519. The summed E-state index contributed by atoms with van der Waals surface area (Å²) in [5.74, 6) is -0.0588. The molecule has 0 bridgehead atoms. The number of amides is 1. The van der Waals surface area contributed by atoms with Gasteiger partial charge in [0, 0.05) is 30.6 Å². The van der Waals surface area contributed by atoms with E-state index in [-0.39, 0.29) is 30.7 Å². The summed E-state index contributed by atoms with van der Waals surface area (Å²) in [6.45, 7) is 6.29. The van der Waals surface area contributed by atoms with Gasteiger partial charge in [-0.3, -0.25) is 4.79 Å². The average Bonchev–Trinajstić information content (AvgIpc) is 3.23. The molecule has 4 N–H and O–H groups in total. The molecule has 0 aliphatic carbocycles. The Morgan fingerprint density at radius 2 is 1.89 bits per heavy atom. The third kappa shape index (κ3) is 5.13. The molecule has 206 valence electrons. The molecule has 3 heterocycles. The van der Waals surface area contributed by atoms with Gasteiger partial charge >= 0.3 is 5.97 Å². The molecule has 2 aliphatic heterocycles. The van der Waals surface area contributed by atoms with E-state index in [0.717, 1.165) is 5.56 Å². The number of carboxylic acid groups (broad SMARTS) is 1. The van der Waals surface area contributed by atoms with Crippen molar-refractivity contribution in [1.29, 1.82) is 0 Å². The SMILES string of the molecule is COc1ccc([C@@H]2CN(C(=O)[C@@H](O)CO)C[C@@]2(C)[C@@H](C)O)cc1OC1CN(c2cc(C)c(C(=O)O)cn2)C1. The van der Waals surface area contributed by atoms with Crippen LogP contribution in [0.2, 0.25) is 0 Å². The van der Waals surface area contributed by atoms with Gasteiger partial charge in [-0.25, -0.2) is 9.78 Å². The number of methoxy groups -OCH3 is 1. The predicted molar refractivity (Wildman–Crippen MR) is 138 cm³/mol. The summed E-state index contributed by atoms with van der Waals surface area (Å²) in [4.78, 5) is 31.6. The highest BCUT2D eigenvalue weighted by Gasteiger charge is 2.49. The van der Waals surface area contributed by atoms with Crippen LogP contribution in [-0.2, 0) is 4.79 Å². The summed E-state index contributed by atoms with van der Waals surface area (Å²) in [7, 11) is 1.55. The van der Waals surface area contributed by atoms with Crippen LogP contribution in [0.3, 0.4) is 0 Å². The van der Waals surface area contributed by atoms with Gasteiger partial charge in [-0.2, -0.15) is 0 Å². The highest BCUT2D eigenvalue weighted by Crippen LogP contribution is 2.47. The first-order chi connectivity index (χ1) is 18.0. The third-order valence-corrected chi connectivity index (χ3v) is 7.84. The lowest BCUT2D eigenvalue weighted by Crippen LogP contribution is -2.54. The van der Waals surface area contributed by atoms with Crippen LogP contribution in [-0.4, -0.2) is 100 Å². The highest BCUT2D eigenvalue weighted by molar-refractivity contribution is 5.89. The molecule has 1 amide bonds. The smallest absolute Gasteiger partial charge is 0.337 e. The quantitative estimate of drug-likeness (QED) is 0.370. The minimum absolute atomic E-state index is 0.148. The number of carbonyl (C=O) groups is 2. The largest absolute Gasteiger partial charge is 0.493 e. The first-order valence-electron chi connectivity index (χ1n) is 12.5. The number of aliphatic hydroxyl groups excluding tert-OH is 3. The lowest BCUT2D eigenvalue weighted by molar-refractivity contribution is -0.141. The topological polar surface area (TPSA) is 153 Å². The Hall–Kier alpha value is -3.41. The van der Waals surface area contributed by atoms with E-state index in [1.54, 1.807) is 33.1 Å². The lowest BCUT2D eigenvalue weighted by atomic mass is 9.72. The zero-order valence-corrected chi connectivity index (χ0v) is 22.0. The molecular weight excluding hydrogens is 494 g/mol. The summed E-state index contributed by atoms with van der Waals surface area (Å²) in [6.07, 6.45) is -1.03. The van der Waals surface area contributed by atoms with Crippen molar-refractivity contribution in [2.45, 2.75) is 45.0 Å². The number of aliphatic hydroxyl groups is 3. The Kier molecular flexibility index (Phi) is 7.82. The molecular formula is C27H35N3O8. The van der Waals surface area contributed by atoms with E-state index in [2.05, 4.69) is 4.98 Å². The second-order valence-electron chi connectivity index (χ2n) is 10.4. The van der Waals surface area contributed by atoms with Crippen LogP contribution < -0.4 is 14.4 Å². The summed E-state index contributed by atoms with van der Waals surface area (Å²) < 4.78 is 11.8. The Morgan fingerprint density at radius 1 is 1.18 bits per heavy atom. The number of carbonyl (C=O) groups excluding carboxylic acids is 1. The Balaban J connectivity index is 1.51. The van der Waals surface area contributed by atoms with Crippen LogP contribution in [0, 0.1) is 12.3 Å². The molecule has 38 heavy (non-hydrogen) atoms. The fourth-order valence-electron chi connectivity index (χ4n) is 5.20. The number of nitrogens with zero attached hydrogens (tertiary/aromatic N) is 3. The number of rotatable bonds is 9. The predicted octanol–water partition coefficient (Wildman–Crippen LogP) is 1.03. The number of ether oxygens (including phenoxy) is 2. The number of aromatic carboxylic acids is 1. The van der Waals surface area contributed by atoms with E-state index in [1.807, 2.05) is 24.0 Å². The van der Waals surface area contributed by atoms with Crippen molar-refractivity contribution < 1.29 is 39.5 Å². The molecule has 11 nitrogen and oxygen atoms in total. The zero-order chi connectivity index (χ0) is 27.8. The van der Waals surface area contributed by atoms with Gasteiger partial charge in [0.05, 0.1) is 38.5 Å². The molecule has 11 heteroatoms. The molecule has 0 radical (unpaired) electrons. The summed E-state index contributed by atoms with van der Waals surface area (Å²) in [5, 5.41) is 39.0. The Morgan fingerprint density at radius 3 is 2.47 bits per heavy atom. The van der Waals surface area contributed by atoms with Crippen molar-refractivity contribution in [1.82, 2.24) is 9.88 Å². The van der Waals surface area contributed by atoms with Gasteiger partial charge in [-0.15, -0.1) is 0 Å². The van der Waals surface area contributed by atoms with E-state index in [4.69, 9.17) is 9.47 Å². The number of hydrogen-bond acceptors (Lipinski definition) is 9. The summed E-state index contributed by atoms with van der Waals surface area (Å²) in [6, 6.07) is 7.30. The molecule has 4 rings (SSSR count). The molecule has 4 atom stereocenters. The standard InChI is InChI=1S/C27H35N3O8/c1-15-7-24(28-9-19(15)26(35)36)29-10-18(11-29)38-23-8-17(5-6-22(23)37-4)20-12-30(25(34)21(33)13-31)14-27(20,3)16(2)32/h5-9,16,18,20-21,31-33H,10-14H2,1-4H3,(H,35,36)/t16-,20+,21+,27+/m1/s1. The highest BCUT2D eigenvalue weighted by atomic mass is 16.5. The summed E-state index contributed by atoms with van der Waals surface area (Å²) >= 11 is 0. The second kappa shape index (κ2) is 10.8. The van der Waals surface area contributed by atoms with Crippen LogP contribution in [0.1, 0.15) is 41.3 Å². The maximum atomic E-state index is 12.6. The van der Waals surface area contributed by atoms with Gasteiger partial charge in [-0.05, 0) is 43.2 Å². The molecule has 2 aromatic rings.